The molecule has 2 aliphatic heterocycles. The molecule has 3 rings (SSSR count). The van der Waals surface area contributed by atoms with Crippen molar-refractivity contribution >= 4 is 35.2 Å². The van der Waals surface area contributed by atoms with Crippen LogP contribution in [-0.2, 0) is 25.5 Å². The van der Waals surface area contributed by atoms with Crippen molar-refractivity contribution in [3.63, 3.8) is 0 Å². The predicted molar refractivity (Wildman–Crippen MR) is 94.3 cm³/mol. The first kappa shape index (κ1) is 17.3. The third-order valence-electron chi connectivity index (χ3n) is 4.20. The lowest BCUT2D eigenvalue weighted by Gasteiger charge is -2.49. The van der Waals surface area contributed by atoms with Crippen molar-refractivity contribution in [2.24, 2.45) is 0 Å². The molecule has 0 radical (unpaired) electrons. The van der Waals surface area contributed by atoms with Crippen LogP contribution in [-0.4, -0.2) is 47.0 Å². The highest BCUT2D eigenvalue weighted by Crippen LogP contribution is 2.40. The maximum Gasteiger partial charge on any atom is 0.354 e. The second kappa shape index (κ2) is 6.79. The zero-order valence-electron chi connectivity index (χ0n) is 13.9. The molecule has 0 spiro atoms. The first-order chi connectivity index (χ1) is 11.9. The number of benzene rings is 1. The van der Waals surface area contributed by atoms with E-state index in [4.69, 9.17) is 10.5 Å². The molecule has 132 valence electrons. The number of ether oxygens (including phenoxy) is 1. The molecule has 2 amide bonds. The van der Waals surface area contributed by atoms with Crippen molar-refractivity contribution < 1.29 is 19.1 Å². The molecule has 0 bridgehead atoms. The number of carbonyl (C=O) groups is 3. The van der Waals surface area contributed by atoms with Gasteiger partial charge in [0.2, 0.25) is 5.91 Å². The maximum atomic E-state index is 12.4. The minimum absolute atomic E-state index is 0.167. The van der Waals surface area contributed by atoms with Gasteiger partial charge in [-0.05, 0) is 30.2 Å². The van der Waals surface area contributed by atoms with E-state index in [1.54, 1.807) is 31.2 Å². The molecule has 0 saturated carbocycles. The number of fused-ring (bicyclic) bond motifs is 1. The Balaban J connectivity index is 1.66. The van der Waals surface area contributed by atoms with Crippen molar-refractivity contribution in [3.05, 3.63) is 41.1 Å². The number of β-lactam (4-membered cyclic amide) rings is 1. The lowest BCUT2D eigenvalue weighted by atomic mass is 10.0. The van der Waals surface area contributed by atoms with Gasteiger partial charge >= 0.3 is 5.97 Å². The number of hydrogen-bond donors (Lipinski definition) is 2. The van der Waals surface area contributed by atoms with Gasteiger partial charge < -0.3 is 15.8 Å². The van der Waals surface area contributed by atoms with Gasteiger partial charge in [0.05, 0.1) is 13.5 Å². The molecule has 1 saturated heterocycles. The third kappa shape index (κ3) is 3.21. The molecule has 8 heteroatoms. The summed E-state index contributed by atoms with van der Waals surface area (Å²) in [6, 6.07) is 6.39. The van der Waals surface area contributed by atoms with Crippen LogP contribution in [0.1, 0.15) is 12.5 Å². The molecule has 7 nitrogen and oxygen atoms in total. The molecule has 3 N–H and O–H groups in total. The summed E-state index contributed by atoms with van der Waals surface area (Å²) in [7, 11) is 1.29. The molecule has 0 aromatic heterocycles. The van der Waals surface area contributed by atoms with Gasteiger partial charge in [0.25, 0.3) is 5.91 Å². The summed E-state index contributed by atoms with van der Waals surface area (Å²) in [6.45, 7) is 1.80. The quantitative estimate of drug-likeness (QED) is 0.464. The summed E-state index contributed by atoms with van der Waals surface area (Å²) in [5.74, 6) is -0.442. The number of hydrogen-bond acceptors (Lipinski definition) is 6. The fraction of sp³-hybridized carbons (Fsp3) is 0.353. The van der Waals surface area contributed by atoms with Crippen molar-refractivity contribution in [2.45, 2.75) is 24.8 Å². The molecule has 0 aliphatic carbocycles. The zero-order chi connectivity index (χ0) is 18.1. The van der Waals surface area contributed by atoms with E-state index in [9.17, 15) is 14.4 Å². The molecule has 1 aromatic rings. The number of amides is 2. The third-order valence-corrected chi connectivity index (χ3v) is 5.62. The van der Waals surface area contributed by atoms with Gasteiger partial charge in [-0.25, -0.2) is 4.79 Å². The number of nitrogens with zero attached hydrogens (tertiary/aromatic N) is 1. The van der Waals surface area contributed by atoms with Crippen LogP contribution in [0.5, 0.6) is 0 Å². The van der Waals surface area contributed by atoms with Gasteiger partial charge in [-0.3, -0.25) is 14.5 Å². The minimum atomic E-state index is -0.626. The molecule has 25 heavy (non-hydrogen) atoms. The van der Waals surface area contributed by atoms with Crippen molar-refractivity contribution in [1.29, 1.82) is 0 Å². The Kier molecular flexibility index (Phi) is 4.71. The first-order valence-electron chi connectivity index (χ1n) is 7.79. The van der Waals surface area contributed by atoms with Crippen molar-refractivity contribution in [3.8, 4) is 0 Å². The Labute approximate surface area is 149 Å². The van der Waals surface area contributed by atoms with Crippen LogP contribution in [0, 0.1) is 0 Å². The Morgan fingerprint density at radius 1 is 1.36 bits per heavy atom. The number of anilines is 1. The number of esters is 1. The highest BCUT2D eigenvalue weighted by atomic mass is 32.2. The molecule has 2 atom stereocenters. The smallest absolute Gasteiger partial charge is 0.354 e. The van der Waals surface area contributed by atoms with Gasteiger partial charge in [0.1, 0.15) is 17.1 Å². The molecule has 2 unspecified atom stereocenters. The fourth-order valence-corrected chi connectivity index (χ4v) is 4.20. The Hall–Kier alpha value is -2.48. The number of methoxy groups -OCH3 is 1. The van der Waals surface area contributed by atoms with E-state index in [1.807, 2.05) is 0 Å². The van der Waals surface area contributed by atoms with Gasteiger partial charge in [0, 0.05) is 11.4 Å². The summed E-state index contributed by atoms with van der Waals surface area (Å²) in [5.41, 5.74) is 8.16. The van der Waals surface area contributed by atoms with Crippen molar-refractivity contribution in [1.82, 2.24) is 10.2 Å². The summed E-state index contributed by atoms with van der Waals surface area (Å²) >= 11 is 1.52. The van der Waals surface area contributed by atoms with Gasteiger partial charge in [0.15, 0.2) is 0 Å². The first-order valence-corrected chi connectivity index (χ1v) is 8.83. The Morgan fingerprint density at radius 2 is 2.04 bits per heavy atom. The topological polar surface area (TPSA) is 102 Å². The lowest BCUT2D eigenvalue weighted by molar-refractivity contribution is -0.151. The fourth-order valence-electron chi connectivity index (χ4n) is 2.90. The maximum absolute atomic E-state index is 12.4. The average molecular weight is 361 g/mol. The van der Waals surface area contributed by atoms with Crippen LogP contribution < -0.4 is 11.1 Å². The van der Waals surface area contributed by atoms with E-state index in [-0.39, 0.29) is 23.6 Å². The molecule has 1 aromatic carbocycles. The highest BCUT2D eigenvalue weighted by Gasteiger charge is 2.53. The number of nitrogens with two attached hydrogens (primary N) is 1. The second-order valence-electron chi connectivity index (χ2n) is 5.99. The standard InChI is InChI=1S/C17H19N3O4S/c1-9-8-25-16-13(15(22)20(16)14(9)17(23)24-2)19-12(21)7-10-3-5-11(18)6-4-10/h3-6,13,16H,7-8,18H2,1-2H3,(H,19,21). The summed E-state index contributed by atoms with van der Waals surface area (Å²) < 4.78 is 4.77. The van der Waals surface area contributed by atoms with Gasteiger partial charge in [-0.2, -0.15) is 0 Å². The molecular formula is C17H19N3O4S. The largest absolute Gasteiger partial charge is 0.464 e. The second-order valence-corrected chi connectivity index (χ2v) is 7.10. The number of nitrogens with one attached hydrogen (secondary N) is 1. The van der Waals surface area contributed by atoms with E-state index in [0.29, 0.717) is 17.1 Å². The van der Waals surface area contributed by atoms with E-state index >= 15 is 0 Å². The van der Waals surface area contributed by atoms with Crippen LogP contribution in [0.3, 0.4) is 0 Å². The Bertz CT molecular complexity index is 760. The van der Waals surface area contributed by atoms with Crippen LogP contribution in [0.4, 0.5) is 5.69 Å². The number of nitrogen functional groups attached to an aromatic ring is 1. The Morgan fingerprint density at radius 3 is 2.68 bits per heavy atom. The van der Waals surface area contributed by atoms with E-state index in [0.717, 1.165) is 11.1 Å². The number of rotatable bonds is 4. The van der Waals surface area contributed by atoms with E-state index in [1.165, 1.54) is 23.8 Å². The zero-order valence-corrected chi connectivity index (χ0v) is 14.8. The van der Waals surface area contributed by atoms with Crippen LogP contribution in [0.25, 0.3) is 0 Å². The number of carbonyl (C=O) groups excluding carboxylic acids is 3. The monoisotopic (exact) mass is 361 g/mol. The predicted octanol–water partition coefficient (Wildman–Crippen LogP) is 0.658. The molecule has 2 heterocycles. The minimum Gasteiger partial charge on any atom is -0.464 e. The van der Waals surface area contributed by atoms with Crippen LogP contribution in [0.2, 0.25) is 0 Å². The van der Waals surface area contributed by atoms with Crippen LogP contribution >= 0.6 is 11.8 Å². The molecular weight excluding hydrogens is 342 g/mol. The summed E-state index contributed by atoms with van der Waals surface area (Å²) in [5, 5.41) is 2.49. The average Bonchev–Trinajstić information content (AvgIpc) is 2.60. The van der Waals surface area contributed by atoms with E-state index < -0.39 is 12.0 Å². The normalized spacial score (nSPS) is 22.2. The number of thioether (sulfide) groups is 1. The van der Waals surface area contributed by atoms with Gasteiger partial charge in [-0.15, -0.1) is 11.8 Å². The SMILES string of the molecule is COC(=O)C1=C(C)CSC2C(NC(=O)Cc3ccc(N)cc3)C(=O)N12. The van der Waals surface area contributed by atoms with Gasteiger partial charge in [-0.1, -0.05) is 12.1 Å². The summed E-state index contributed by atoms with van der Waals surface area (Å²) in [6.07, 6.45) is 0.167. The van der Waals surface area contributed by atoms with Crippen molar-refractivity contribution in [2.75, 3.05) is 18.6 Å². The van der Waals surface area contributed by atoms with Crippen LogP contribution in [0.15, 0.2) is 35.5 Å². The molecule has 2 aliphatic rings. The summed E-state index contributed by atoms with van der Waals surface area (Å²) in [4.78, 5) is 38.0. The molecule has 1 fully saturated rings. The highest BCUT2D eigenvalue weighted by molar-refractivity contribution is 8.00. The lowest BCUT2D eigenvalue weighted by Crippen LogP contribution is -2.70. The van der Waals surface area contributed by atoms with E-state index in [2.05, 4.69) is 5.32 Å².